The van der Waals surface area contributed by atoms with Crippen LogP contribution in [0.5, 0.6) is 0 Å². The summed E-state index contributed by atoms with van der Waals surface area (Å²) in [6.45, 7) is 3.39. The van der Waals surface area contributed by atoms with E-state index in [1.54, 1.807) is 6.92 Å². The van der Waals surface area contributed by atoms with Crippen LogP contribution in [0, 0.1) is 5.41 Å². The molecular weight excluding hydrogens is 236 g/mol. The molecule has 0 aliphatic heterocycles. The number of aliphatic carboxylic acids is 1. The number of oxime groups is 1. The molecule has 0 spiro atoms. The highest BCUT2D eigenvalue weighted by Crippen LogP contribution is 2.10. The van der Waals surface area contributed by atoms with Crippen LogP contribution in [0.25, 0.3) is 0 Å². The van der Waals surface area contributed by atoms with E-state index in [9.17, 15) is 4.79 Å². The third-order valence-corrected chi connectivity index (χ3v) is 2.33. The predicted molar refractivity (Wildman–Crippen MR) is 70.2 cm³/mol. The zero-order chi connectivity index (χ0) is 13.9. The molecule has 0 saturated heterocycles. The van der Waals surface area contributed by atoms with E-state index in [-0.39, 0.29) is 0 Å². The number of rotatable bonds is 11. The second-order valence-electron chi connectivity index (χ2n) is 3.86. The first-order chi connectivity index (χ1) is 8.56. The number of nitrogens with two attached hydrogens (primary N) is 1. The van der Waals surface area contributed by atoms with Crippen molar-refractivity contribution in [3.05, 3.63) is 0 Å². The first kappa shape index (κ1) is 16.5. The molecule has 0 aromatic carbocycles. The molecule has 104 valence electrons. The van der Waals surface area contributed by atoms with Gasteiger partial charge in [0.2, 0.25) is 0 Å². The van der Waals surface area contributed by atoms with Crippen LogP contribution in [0.2, 0.25) is 0 Å². The van der Waals surface area contributed by atoms with E-state index in [1.807, 2.05) is 0 Å². The number of carboxylic acids is 1. The molecule has 18 heavy (non-hydrogen) atoms. The van der Waals surface area contributed by atoms with Crippen molar-refractivity contribution in [2.24, 2.45) is 10.9 Å². The maximum absolute atomic E-state index is 11.1. The second kappa shape index (κ2) is 9.55. The first-order valence-electron chi connectivity index (χ1n) is 5.95. The molecular formula is C11H22N4O3. The number of unbranched alkanes of at least 4 members (excludes halogenated alkanes) is 1. The monoisotopic (exact) mass is 258 g/mol. The summed E-state index contributed by atoms with van der Waals surface area (Å²) in [7, 11) is 0. The van der Waals surface area contributed by atoms with Gasteiger partial charge in [0.15, 0.2) is 5.54 Å². The Morgan fingerprint density at radius 2 is 2.33 bits per heavy atom. The summed E-state index contributed by atoms with van der Waals surface area (Å²) < 4.78 is 0. The molecule has 0 fully saturated rings. The van der Waals surface area contributed by atoms with E-state index >= 15 is 0 Å². The SMILES string of the molecule is CCON=CC(N)(CCCCNCC=N)C(=O)O. The maximum Gasteiger partial charge on any atom is 0.329 e. The number of nitrogens with one attached hydrogen (secondary N) is 2. The minimum absolute atomic E-state index is 0.297. The molecule has 0 rings (SSSR count). The summed E-state index contributed by atoms with van der Waals surface area (Å²) in [4.78, 5) is 15.8. The summed E-state index contributed by atoms with van der Waals surface area (Å²) in [5.74, 6) is -1.11. The van der Waals surface area contributed by atoms with Crippen LogP contribution in [-0.4, -0.2) is 48.7 Å². The molecule has 1 unspecified atom stereocenters. The zero-order valence-corrected chi connectivity index (χ0v) is 10.7. The zero-order valence-electron chi connectivity index (χ0n) is 10.7. The molecule has 0 saturated carbocycles. The molecule has 0 heterocycles. The van der Waals surface area contributed by atoms with Crippen molar-refractivity contribution < 1.29 is 14.7 Å². The molecule has 0 aromatic rings. The van der Waals surface area contributed by atoms with Gasteiger partial charge in [-0.1, -0.05) is 5.16 Å². The fourth-order valence-electron chi connectivity index (χ4n) is 1.27. The third kappa shape index (κ3) is 6.97. The van der Waals surface area contributed by atoms with E-state index in [0.29, 0.717) is 26.0 Å². The molecule has 7 heteroatoms. The van der Waals surface area contributed by atoms with Crippen molar-refractivity contribution in [1.82, 2.24) is 5.32 Å². The average Bonchev–Trinajstić information content (AvgIpc) is 2.34. The Hall–Kier alpha value is -1.47. The molecule has 0 aliphatic carbocycles. The summed E-state index contributed by atoms with van der Waals surface area (Å²) in [6, 6.07) is 0. The molecule has 0 aromatic heterocycles. The number of hydrogen-bond donors (Lipinski definition) is 4. The van der Waals surface area contributed by atoms with Crippen molar-refractivity contribution in [3.63, 3.8) is 0 Å². The minimum Gasteiger partial charge on any atom is -0.480 e. The smallest absolute Gasteiger partial charge is 0.329 e. The lowest BCUT2D eigenvalue weighted by molar-refractivity contribution is -0.140. The van der Waals surface area contributed by atoms with Gasteiger partial charge in [-0.3, -0.25) is 0 Å². The average molecular weight is 258 g/mol. The van der Waals surface area contributed by atoms with E-state index in [4.69, 9.17) is 21.1 Å². The lowest BCUT2D eigenvalue weighted by Gasteiger charge is -2.19. The maximum atomic E-state index is 11.1. The fraction of sp³-hybridized carbons (Fsp3) is 0.727. The Labute approximate surface area is 107 Å². The van der Waals surface area contributed by atoms with Crippen LogP contribution in [0.1, 0.15) is 26.2 Å². The standard InChI is InChI=1S/C11H22N4O3/c1-2-18-15-9-11(13,10(16)17)5-3-4-7-14-8-6-12/h6,9,12,14H,2-5,7-8,13H2,1H3,(H,16,17). The quantitative estimate of drug-likeness (QED) is 0.240. The fourth-order valence-corrected chi connectivity index (χ4v) is 1.27. The van der Waals surface area contributed by atoms with Crippen molar-refractivity contribution in [1.29, 1.82) is 5.41 Å². The Morgan fingerprint density at radius 1 is 1.61 bits per heavy atom. The first-order valence-corrected chi connectivity index (χ1v) is 5.95. The van der Waals surface area contributed by atoms with Crippen LogP contribution in [0.3, 0.4) is 0 Å². The normalized spacial score (nSPS) is 14.3. The lowest BCUT2D eigenvalue weighted by Crippen LogP contribution is -2.49. The molecule has 0 radical (unpaired) electrons. The minimum atomic E-state index is -1.48. The Kier molecular flexibility index (Phi) is 8.77. The molecule has 1 atom stereocenters. The second-order valence-corrected chi connectivity index (χ2v) is 3.86. The van der Waals surface area contributed by atoms with Gasteiger partial charge >= 0.3 is 5.97 Å². The van der Waals surface area contributed by atoms with Crippen molar-refractivity contribution >= 4 is 18.4 Å². The van der Waals surface area contributed by atoms with Crippen LogP contribution in [0.4, 0.5) is 0 Å². The number of hydrogen-bond acceptors (Lipinski definition) is 6. The van der Waals surface area contributed by atoms with E-state index in [2.05, 4.69) is 10.5 Å². The van der Waals surface area contributed by atoms with Crippen molar-refractivity contribution in [3.8, 4) is 0 Å². The summed E-state index contributed by atoms with van der Waals surface area (Å²) in [5, 5.41) is 22.4. The summed E-state index contributed by atoms with van der Waals surface area (Å²) in [5.41, 5.74) is 4.26. The summed E-state index contributed by atoms with van der Waals surface area (Å²) in [6.07, 6.45) is 4.17. The topological polar surface area (TPSA) is 121 Å². The van der Waals surface area contributed by atoms with Crippen molar-refractivity contribution in [2.45, 2.75) is 31.7 Å². The van der Waals surface area contributed by atoms with Gasteiger partial charge in [-0.2, -0.15) is 0 Å². The molecule has 5 N–H and O–H groups in total. The molecule has 7 nitrogen and oxygen atoms in total. The number of carbonyl (C=O) groups is 1. The van der Waals surface area contributed by atoms with E-state index < -0.39 is 11.5 Å². The van der Waals surface area contributed by atoms with Crippen LogP contribution < -0.4 is 11.1 Å². The predicted octanol–water partition coefficient (Wildman–Crippen LogP) is 0.200. The Bertz CT molecular complexity index is 283. The lowest BCUT2D eigenvalue weighted by atomic mass is 9.95. The largest absolute Gasteiger partial charge is 0.480 e. The van der Waals surface area contributed by atoms with Gasteiger partial charge in [-0.05, 0) is 32.7 Å². The molecule has 0 aliphatic rings. The van der Waals surface area contributed by atoms with Gasteiger partial charge in [0.25, 0.3) is 0 Å². The summed E-state index contributed by atoms with van der Waals surface area (Å²) >= 11 is 0. The Morgan fingerprint density at radius 3 is 2.89 bits per heavy atom. The molecule has 0 amide bonds. The van der Waals surface area contributed by atoms with E-state index in [0.717, 1.165) is 19.2 Å². The van der Waals surface area contributed by atoms with Crippen LogP contribution in [-0.2, 0) is 9.63 Å². The number of nitrogens with zero attached hydrogens (tertiary/aromatic N) is 1. The van der Waals surface area contributed by atoms with Crippen LogP contribution in [0.15, 0.2) is 5.16 Å². The van der Waals surface area contributed by atoms with Gasteiger partial charge in [0.05, 0.1) is 6.21 Å². The number of carboxylic acid groups (broad SMARTS) is 1. The van der Waals surface area contributed by atoms with E-state index in [1.165, 1.54) is 6.21 Å². The van der Waals surface area contributed by atoms with Gasteiger partial charge in [-0.15, -0.1) is 0 Å². The molecule has 0 bridgehead atoms. The highest BCUT2D eigenvalue weighted by Gasteiger charge is 2.31. The van der Waals surface area contributed by atoms with Gasteiger partial charge in [0, 0.05) is 12.8 Å². The van der Waals surface area contributed by atoms with Crippen molar-refractivity contribution in [2.75, 3.05) is 19.7 Å². The van der Waals surface area contributed by atoms with Gasteiger partial charge in [0.1, 0.15) is 6.61 Å². The Balaban J connectivity index is 4.03. The van der Waals surface area contributed by atoms with Gasteiger partial charge in [-0.25, -0.2) is 4.79 Å². The highest BCUT2D eigenvalue weighted by molar-refractivity contribution is 5.98. The van der Waals surface area contributed by atoms with Gasteiger partial charge < -0.3 is 26.4 Å². The highest BCUT2D eigenvalue weighted by atomic mass is 16.6. The van der Waals surface area contributed by atoms with Crippen LogP contribution >= 0.6 is 0 Å². The third-order valence-electron chi connectivity index (χ3n) is 2.33.